The van der Waals surface area contributed by atoms with Crippen molar-refractivity contribution in [1.29, 1.82) is 0 Å². The predicted octanol–water partition coefficient (Wildman–Crippen LogP) is 3.17. The van der Waals surface area contributed by atoms with Crippen molar-refractivity contribution in [2.45, 2.75) is 24.9 Å². The van der Waals surface area contributed by atoms with Gasteiger partial charge in [0.1, 0.15) is 6.04 Å². The lowest BCUT2D eigenvalue weighted by Crippen LogP contribution is -2.55. The van der Waals surface area contributed by atoms with Crippen LogP contribution in [0.1, 0.15) is 33.6 Å². The monoisotopic (exact) mass is 432 g/mol. The fraction of sp³-hybridized carbons (Fsp3) is 0.217. The first-order valence-corrected chi connectivity index (χ1v) is 11.0. The summed E-state index contributed by atoms with van der Waals surface area (Å²) in [6.07, 6.45) is 4.10. The molecule has 3 aromatic rings. The molecular weight excluding hydrogens is 412 g/mol. The number of nitrogens with zero attached hydrogens (tertiary/aromatic N) is 2. The Kier molecular flexibility index (Phi) is 4.99. The van der Waals surface area contributed by atoms with Gasteiger partial charge in [0.25, 0.3) is 11.8 Å². The van der Waals surface area contributed by atoms with Crippen LogP contribution in [0.25, 0.3) is 11.1 Å². The molecule has 0 unspecified atom stereocenters. The maximum Gasteiger partial charge on any atom is 0.256 e. The first kappa shape index (κ1) is 19.4. The number of carbonyl (C=O) groups excluding carboxylic acids is 3. The summed E-state index contributed by atoms with van der Waals surface area (Å²) < 4.78 is 0. The van der Waals surface area contributed by atoms with Gasteiger partial charge in [-0.25, -0.2) is 0 Å². The van der Waals surface area contributed by atoms with Crippen molar-refractivity contribution >= 4 is 34.7 Å². The molecule has 0 aliphatic carbocycles. The molecule has 2 N–H and O–H groups in total. The SMILES string of the molecule is O=C(N[C@H]1CCN2C(=O)c3cc(-c4ccsc4)ccc3NC(=O)[C@@H]2C1)c1ccncc1. The minimum Gasteiger partial charge on any atom is -0.349 e. The number of benzene rings is 1. The molecule has 0 radical (unpaired) electrons. The van der Waals surface area contributed by atoms with E-state index in [0.717, 1.165) is 11.1 Å². The van der Waals surface area contributed by atoms with Gasteiger partial charge < -0.3 is 15.5 Å². The molecule has 2 aromatic heterocycles. The summed E-state index contributed by atoms with van der Waals surface area (Å²) in [5, 5.41) is 9.92. The Bertz CT molecular complexity index is 1150. The normalized spacial score (nSPS) is 20.3. The molecule has 156 valence electrons. The van der Waals surface area contributed by atoms with Crippen LogP contribution in [-0.2, 0) is 4.79 Å². The maximum absolute atomic E-state index is 13.3. The van der Waals surface area contributed by atoms with E-state index in [1.54, 1.807) is 46.8 Å². The highest BCUT2D eigenvalue weighted by Crippen LogP contribution is 2.32. The predicted molar refractivity (Wildman–Crippen MR) is 118 cm³/mol. The maximum atomic E-state index is 13.3. The van der Waals surface area contributed by atoms with Crippen molar-refractivity contribution in [1.82, 2.24) is 15.2 Å². The Balaban J connectivity index is 1.37. The van der Waals surface area contributed by atoms with Crippen molar-refractivity contribution in [3.63, 3.8) is 0 Å². The molecule has 2 aliphatic heterocycles. The standard InChI is InChI=1S/C23H20N4O3S/c28-21(14-3-7-24-8-4-14)25-17-5-9-27-20(12-17)22(29)26-19-2-1-15(11-18(19)23(27)30)16-6-10-31-13-16/h1-4,6-8,10-11,13,17,20H,5,9,12H2,(H,25,28)(H,26,29)/t17-,20-/m0/s1. The van der Waals surface area contributed by atoms with Crippen LogP contribution in [0, 0.1) is 0 Å². The number of carbonyl (C=O) groups is 3. The van der Waals surface area contributed by atoms with Gasteiger partial charge in [0.15, 0.2) is 0 Å². The fourth-order valence-corrected chi connectivity index (χ4v) is 4.83. The smallest absolute Gasteiger partial charge is 0.256 e. The number of piperidine rings is 1. The number of hydrogen-bond donors (Lipinski definition) is 2. The largest absolute Gasteiger partial charge is 0.349 e. The van der Waals surface area contributed by atoms with Crippen LogP contribution >= 0.6 is 11.3 Å². The van der Waals surface area contributed by atoms with Crippen LogP contribution in [0.5, 0.6) is 0 Å². The van der Waals surface area contributed by atoms with Crippen LogP contribution in [0.2, 0.25) is 0 Å². The van der Waals surface area contributed by atoms with E-state index in [-0.39, 0.29) is 23.8 Å². The quantitative estimate of drug-likeness (QED) is 0.665. The Morgan fingerprint density at radius 3 is 2.74 bits per heavy atom. The van der Waals surface area contributed by atoms with E-state index in [4.69, 9.17) is 0 Å². The summed E-state index contributed by atoms with van der Waals surface area (Å²) in [5.74, 6) is -0.586. The Labute approximate surface area is 183 Å². The Morgan fingerprint density at radius 2 is 1.97 bits per heavy atom. The lowest BCUT2D eigenvalue weighted by Gasteiger charge is -2.37. The molecule has 0 saturated carbocycles. The van der Waals surface area contributed by atoms with Gasteiger partial charge in [-0.15, -0.1) is 0 Å². The molecule has 0 spiro atoms. The molecular formula is C23H20N4O3S. The minimum atomic E-state index is -0.624. The summed E-state index contributed by atoms with van der Waals surface area (Å²) in [7, 11) is 0. The van der Waals surface area contributed by atoms with Crippen LogP contribution < -0.4 is 10.6 Å². The minimum absolute atomic E-state index is 0.158. The molecule has 7 nitrogen and oxygen atoms in total. The topological polar surface area (TPSA) is 91.4 Å². The number of amides is 3. The number of fused-ring (bicyclic) bond motifs is 2. The van der Waals surface area contributed by atoms with E-state index in [1.807, 2.05) is 29.0 Å². The van der Waals surface area contributed by atoms with Crippen molar-refractivity contribution < 1.29 is 14.4 Å². The van der Waals surface area contributed by atoms with Gasteiger partial charge in [0.2, 0.25) is 5.91 Å². The van der Waals surface area contributed by atoms with Crippen LogP contribution in [0.3, 0.4) is 0 Å². The van der Waals surface area contributed by atoms with E-state index in [0.29, 0.717) is 36.2 Å². The second-order valence-electron chi connectivity index (χ2n) is 7.71. The first-order valence-electron chi connectivity index (χ1n) is 10.1. The summed E-state index contributed by atoms with van der Waals surface area (Å²) >= 11 is 1.60. The molecule has 2 atom stereocenters. The molecule has 8 heteroatoms. The van der Waals surface area contributed by atoms with Crippen molar-refractivity contribution in [2.75, 3.05) is 11.9 Å². The zero-order valence-corrected chi connectivity index (χ0v) is 17.4. The molecule has 1 fully saturated rings. The molecule has 4 heterocycles. The van der Waals surface area contributed by atoms with E-state index >= 15 is 0 Å². The fourth-order valence-electron chi connectivity index (χ4n) is 4.17. The molecule has 3 amide bonds. The molecule has 1 aromatic carbocycles. The third kappa shape index (κ3) is 3.70. The van der Waals surface area contributed by atoms with Gasteiger partial charge in [-0.05, 0) is 65.1 Å². The summed E-state index contributed by atoms with van der Waals surface area (Å²) in [5.41, 5.74) is 3.54. The Hall–Kier alpha value is -3.52. The summed E-state index contributed by atoms with van der Waals surface area (Å²) in [4.78, 5) is 44.3. The summed E-state index contributed by atoms with van der Waals surface area (Å²) in [6, 6.07) is 10.0. The zero-order valence-electron chi connectivity index (χ0n) is 16.6. The van der Waals surface area contributed by atoms with Crippen molar-refractivity contribution in [2.24, 2.45) is 0 Å². The van der Waals surface area contributed by atoms with Gasteiger partial charge >= 0.3 is 0 Å². The van der Waals surface area contributed by atoms with E-state index in [9.17, 15) is 14.4 Å². The van der Waals surface area contributed by atoms with E-state index < -0.39 is 6.04 Å². The van der Waals surface area contributed by atoms with Crippen molar-refractivity contribution in [3.05, 3.63) is 70.7 Å². The highest BCUT2D eigenvalue weighted by molar-refractivity contribution is 7.08. The van der Waals surface area contributed by atoms with E-state index in [2.05, 4.69) is 15.6 Å². The number of aromatic nitrogens is 1. The number of thiophene rings is 1. The first-order chi connectivity index (χ1) is 15.1. The molecule has 0 bridgehead atoms. The van der Waals surface area contributed by atoms with Gasteiger partial charge in [0, 0.05) is 30.5 Å². The van der Waals surface area contributed by atoms with Crippen molar-refractivity contribution in [3.8, 4) is 11.1 Å². The number of rotatable bonds is 3. The number of pyridine rings is 1. The van der Waals surface area contributed by atoms with Crippen LogP contribution in [0.4, 0.5) is 5.69 Å². The third-order valence-corrected chi connectivity index (χ3v) is 6.49. The Morgan fingerprint density at radius 1 is 1.13 bits per heavy atom. The number of nitrogens with one attached hydrogen (secondary N) is 2. The second-order valence-corrected chi connectivity index (χ2v) is 8.49. The van der Waals surface area contributed by atoms with Gasteiger partial charge in [0.05, 0.1) is 11.3 Å². The lowest BCUT2D eigenvalue weighted by atomic mass is 9.95. The zero-order chi connectivity index (χ0) is 21.4. The van der Waals surface area contributed by atoms with Gasteiger partial charge in [-0.2, -0.15) is 11.3 Å². The average molecular weight is 433 g/mol. The number of anilines is 1. The van der Waals surface area contributed by atoms with Crippen LogP contribution in [0.15, 0.2) is 59.6 Å². The van der Waals surface area contributed by atoms with Gasteiger partial charge in [-0.1, -0.05) is 6.07 Å². The lowest BCUT2D eigenvalue weighted by molar-refractivity contribution is -0.121. The highest BCUT2D eigenvalue weighted by Gasteiger charge is 2.40. The molecule has 2 aliphatic rings. The van der Waals surface area contributed by atoms with Gasteiger partial charge in [-0.3, -0.25) is 19.4 Å². The number of hydrogen-bond acceptors (Lipinski definition) is 5. The molecule has 1 saturated heterocycles. The summed E-state index contributed by atoms with van der Waals surface area (Å²) in [6.45, 7) is 0.403. The third-order valence-electron chi connectivity index (χ3n) is 5.81. The van der Waals surface area contributed by atoms with Crippen LogP contribution in [-0.4, -0.2) is 46.2 Å². The van der Waals surface area contributed by atoms with E-state index in [1.165, 1.54) is 0 Å². The molecule has 5 rings (SSSR count). The average Bonchev–Trinajstić information content (AvgIpc) is 3.31. The molecule has 31 heavy (non-hydrogen) atoms. The second kappa shape index (κ2) is 7.96. The highest BCUT2D eigenvalue weighted by atomic mass is 32.1.